The van der Waals surface area contributed by atoms with E-state index in [1.54, 1.807) is 0 Å². The summed E-state index contributed by atoms with van der Waals surface area (Å²) in [5.41, 5.74) is -0.0742. The molecule has 1 aromatic rings. The fraction of sp³-hybridized carbons (Fsp3) is 0.500. The molecule has 1 aliphatic carbocycles. The van der Waals surface area contributed by atoms with E-state index in [0.29, 0.717) is 26.1 Å². The molecular weight excluding hydrogens is 294 g/mol. The molecule has 2 aliphatic rings. The predicted molar refractivity (Wildman–Crippen MR) is 72.7 cm³/mol. The van der Waals surface area contributed by atoms with Crippen molar-refractivity contribution in [3.05, 3.63) is 34.4 Å². The van der Waals surface area contributed by atoms with E-state index in [-0.39, 0.29) is 29.7 Å². The van der Waals surface area contributed by atoms with Crippen LogP contribution in [0.3, 0.4) is 0 Å². The highest BCUT2D eigenvalue weighted by atomic mass is 16.7. The van der Waals surface area contributed by atoms with Crippen molar-refractivity contribution in [2.75, 3.05) is 13.2 Å². The molecule has 2 fully saturated rings. The SMILES string of the molecule is O=C(Oc1ccc([N+](=O)[O-])cc1)O[C@@H]1C[C@@H]2OCCO[C@@H]2C1. The number of carbonyl (C=O) groups is 1. The second kappa shape index (κ2) is 6.29. The zero-order chi connectivity index (χ0) is 15.5. The van der Waals surface area contributed by atoms with E-state index in [9.17, 15) is 14.9 Å². The molecule has 0 unspecified atom stereocenters. The van der Waals surface area contributed by atoms with Crippen molar-refractivity contribution in [3.63, 3.8) is 0 Å². The third-order valence-corrected chi connectivity index (χ3v) is 3.66. The lowest BCUT2D eigenvalue weighted by Crippen LogP contribution is -2.33. The van der Waals surface area contributed by atoms with Gasteiger partial charge in [0.2, 0.25) is 0 Å². The van der Waals surface area contributed by atoms with Crippen molar-refractivity contribution < 1.29 is 28.7 Å². The van der Waals surface area contributed by atoms with Crippen LogP contribution in [0.25, 0.3) is 0 Å². The van der Waals surface area contributed by atoms with Gasteiger partial charge in [0.05, 0.1) is 30.3 Å². The molecule has 1 heterocycles. The van der Waals surface area contributed by atoms with Gasteiger partial charge in [0, 0.05) is 25.0 Å². The van der Waals surface area contributed by atoms with Crippen LogP contribution >= 0.6 is 0 Å². The molecule has 1 saturated carbocycles. The average Bonchev–Trinajstić information content (AvgIpc) is 2.89. The van der Waals surface area contributed by atoms with E-state index in [2.05, 4.69) is 0 Å². The highest BCUT2D eigenvalue weighted by molar-refractivity contribution is 5.64. The Hall–Kier alpha value is -2.19. The lowest BCUT2D eigenvalue weighted by Gasteiger charge is -2.25. The van der Waals surface area contributed by atoms with Crippen molar-refractivity contribution in [2.24, 2.45) is 0 Å². The van der Waals surface area contributed by atoms with Crippen LogP contribution < -0.4 is 4.74 Å². The van der Waals surface area contributed by atoms with Gasteiger partial charge in [0.25, 0.3) is 5.69 Å². The Labute approximate surface area is 126 Å². The second-order valence-electron chi connectivity index (χ2n) is 5.13. The van der Waals surface area contributed by atoms with Gasteiger partial charge in [0.15, 0.2) is 0 Å². The fourth-order valence-electron chi connectivity index (χ4n) is 2.66. The first-order valence-corrected chi connectivity index (χ1v) is 6.98. The van der Waals surface area contributed by atoms with Crippen molar-refractivity contribution in [1.29, 1.82) is 0 Å². The number of hydrogen-bond acceptors (Lipinski definition) is 7. The lowest BCUT2D eigenvalue weighted by molar-refractivity contribution is -0.384. The standard InChI is InChI=1S/C14H15NO7/c16-14(21-10-3-1-9(2-4-10)15(17)18)22-11-7-12-13(8-11)20-6-5-19-12/h1-4,11-13H,5-8H2/t11-,12+,13-. The molecule has 0 bridgehead atoms. The predicted octanol–water partition coefficient (Wildman–Crippen LogP) is 2.06. The van der Waals surface area contributed by atoms with Gasteiger partial charge < -0.3 is 18.9 Å². The number of carbonyl (C=O) groups excluding carboxylic acids is 1. The van der Waals surface area contributed by atoms with Gasteiger partial charge in [-0.2, -0.15) is 0 Å². The number of hydrogen-bond donors (Lipinski definition) is 0. The highest BCUT2D eigenvalue weighted by Gasteiger charge is 2.40. The Morgan fingerprint density at radius 1 is 1.14 bits per heavy atom. The molecule has 8 heteroatoms. The smallest absolute Gasteiger partial charge is 0.430 e. The normalized spacial score (nSPS) is 27.0. The molecule has 0 N–H and O–H groups in total. The molecule has 1 aromatic carbocycles. The molecule has 0 radical (unpaired) electrons. The number of ether oxygens (including phenoxy) is 4. The fourth-order valence-corrected chi connectivity index (χ4v) is 2.66. The number of nitrogens with zero attached hydrogens (tertiary/aromatic N) is 1. The maximum absolute atomic E-state index is 11.7. The maximum atomic E-state index is 11.7. The summed E-state index contributed by atoms with van der Waals surface area (Å²) in [4.78, 5) is 21.7. The second-order valence-corrected chi connectivity index (χ2v) is 5.13. The van der Waals surface area contributed by atoms with E-state index < -0.39 is 11.1 Å². The van der Waals surface area contributed by atoms with Gasteiger partial charge in [-0.1, -0.05) is 0 Å². The van der Waals surface area contributed by atoms with E-state index in [1.807, 2.05) is 0 Å². The summed E-state index contributed by atoms with van der Waals surface area (Å²) in [5.74, 6) is 0.193. The average molecular weight is 309 g/mol. The summed E-state index contributed by atoms with van der Waals surface area (Å²) in [6.07, 6.45) is -0.0481. The monoisotopic (exact) mass is 309 g/mol. The highest BCUT2D eigenvalue weighted by Crippen LogP contribution is 2.30. The Morgan fingerprint density at radius 2 is 1.73 bits per heavy atom. The molecule has 0 aromatic heterocycles. The van der Waals surface area contributed by atoms with Gasteiger partial charge in [-0.25, -0.2) is 4.79 Å². The largest absolute Gasteiger partial charge is 0.514 e. The Balaban J connectivity index is 1.51. The minimum absolute atomic E-state index is 0.0362. The summed E-state index contributed by atoms with van der Waals surface area (Å²) in [6, 6.07) is 5.21. The topological polar surface area (TPSA) is 97.1 Å². The zero-order valence-corrected chi connectivity index (χ0v) is 11.7. The van der Waals surface area contributed by atoms with E-state index in [4.69, 9.17) is 18.9 Å². The lowest BCUT2D eigenvalue weighted by atomic mass is 10.2. The minimum atomic E-state index is -0.836. The van der Waals surface area contributed by atoms with Crippen LogP contribution in [0, 0.1) is 10.1 Å². The molecule has 1 aliphatic heterocycles. The summed E-state index contributed by atoms with van der Waals surface area (Å²) in [7, 11) is 0. The summed E-state index contributed by atoms with van der Waals surface area (Å²) < 4.78 is 21.3. The number of nitro benzene ring substituents is 1. The zero-order valence-electron chi connectivity index (χ0n) is 11.7. The molecule has 22 heavy (non-hydrogen) atoms. The molecular formula is C14H15NO7. The van der Waals surface area contributed by atoms with Crippen LogP contribution in [0.2, 0.25) is 0 Å². The molecule has 8 nitrogen and oxygen atoms in total. The van der Waals surface area contributed by atoms with Gasteiger partial charge in [-0.3, -0.25) is 10.1 Å². The van der Waals surface area contributed by atoms with Gasteiger partial charge in [0.1, 0.15) is 11.9 Å². The van der Waals surface area contributed by atoms with Crippen LogP contribution in [0.5, 0.6) is 5.75 Å². The van der Waals surface area contributed by atoms with Crippen molar-refractivity contribution in [2.45, 2.75) is 31.2 Å². The van der Waals surface area contributed by atoms with Crippen molar-refractivity contribution >= 4 is 11.8 Å². The molecule has 0 spiro atoms. The van der Waals surface area contributed by atoms with Crippen LogP contribution in [-0.2, 0) is 14.2 Å². The molecule has 1 saturated heterocycles. The summed E-state index contributed by atoms with van der Waals surface area (Å²) >= 11 is 0. The summed E-state index contributed by atoms with van der Waals surface area (Å²) in [6.45, 7) is 1.11. The third kappa shape index (κ3) is 3.34. The van der Waals surface area contributed by atoms with Crippen LogP contribution in [0.1, 0.15) is 12.8 Å². The van der Waals surface area contributed by atoms with Gasteiger partial charge >= 0.3 is 6.16 Å². The number of non-ortho nitro benzene ring substituents is 1. The Kier molecular flexibility index (Phi) is 4.21. The Morgan fingerprint density at radius 3 is 2.27 bits per heavy atom. The summed E-state index contributed by atoms with van der Waals surface area (Å²) in [5, 5.41) is 10.5. The molecule has 118 valence electrons. The van der Waals surface area contributed by atoms with E-state index in [0.717, 1.165) is 0 Å². The Bertz CT molecular complexity index is 545. The molecule has 3 rings (SSSR count). The number of rotatable bonds is 3. The maximum Gasteiger partial charge on any atom is 0.514 e. The van der Waals surface area contributed by atoms with Crippen LogP contribution in [-0.4, -0.2) is 42.6 Å². The van der Waals surface area contributed by atoms with Crippen LogP contribution in [0.15, 0.2) is 24.3 Å². The first-order valence-electron chi connectivity index (χ1n) is 6.98. The number of benzene rings is 1. The van der Waals surface area contributed by atoms with Gasteiger partial charge in [-0.05, 0) is 12.1 Å². The first-order chi connectivity index (χ1) is 10.6. The molecule has 0 amide bonds. The third-order valence-electron chi connectivity index (χ3n) is 3.66. The van der Waals surface area contributed by atoms with Crippen molar-refractivity contribution in [1.82, 2.24) is 0 Å². The quantitative estimate of drug-likeness (QED) is 0.365. The van der Waals surface area contributed by atoms with Crippen LogP contribution in [0.4, 0.5) is 10.5 Å². The number of nitro groups is 1. The van der Waals surface area contributed by atoms with Gasteiger partial charge in [-0.15, -0.1) is 0 Å². The van der Waals surface area contributed by atoms with E-state index >= 15 is 0 Å². The minimum Gasteiger partial charge on any atom is -0.430 e. The molecule has 3 atom stereocenters. The first kappa shape index (κ1) is 14.7. The number of fused-ring (bicyclic) bond motifs is 1. The van der Waals surface area contributed by atoms with E-state index in [1.165, 1.54) is 24.3 Å². The van der Waals surface area contributed by atoms with Crippen molar-refractivity contribution in [3.8, 4) is 5.75 Å².